The maximum Gasteiger partial charge on any atom is 0.233 e. The number of anilines is 3. The van der Waals surface area contributed by atoms with Crippen LogP contribution in [-0.4, -0.2) is 32.2 Å². The largest absolute Gasteiger partial charge is 0.321 e. The van der Waals surface area contributed by atoms with E-state index in [1.807, 2.05) is 27.1 Å². The smallest absolute Gasteiger partial charge is 0.233 e. The van der Waals surface area contributed by atoms with Gasteiger partial charge in [-0.15, -0.1) is 12.4 Å². The first-order valence-electron chi connectivity index (χ1n) is 7.36. The number of hydrogen-bond donors (Lipinski definition) is 1. The van der Waals surface area contributed by atoms with Gasteiger partial charge in [-0.1, -0.05) is 13.8 Å². The minimum atomic E-state index is -0.333. The van der Waals surface area contributed by atoms with Crippen LogP contribution in [0.3, 0.4) is 0 Å². The summed E-state index contributed by atoms with van der Waals surface area (Å²) in [5, 5.41) is 7.19. The number of nitrogens with zero attached hydrogens (tertiary/aromatic N) is 5. The highest BCUT2D eigenvalue weighted by Crippen LogP contribution is 2.32. The Labute approximate surface area is 141 Å². The van der Waals surface area contributed by atoms with Crippen molar-refractivity contribution in [3.8, 4) is 0 Å². The summed E-state index contributed by atoms with van der Waals surface area (Å²) < 4.78 is 1.70. The van der Waals surface area contributed by atoms with Gasteiger partial charge in [-0.25, -0.2) is 4.98 Å². The molecule has 0 saturated carbocycles. The highest BCUT2D eigenvalue weighted by molar-refractivity contribution is 5.97. The van der Waals surface area contributed by atoms with Crippen LogP contribution in [0.4, 0.5) is 17.5 Å². The number of amides is 1. The first-order valence-corrected chi connectivity index (χ1v) is 7.36. The van der Waals surface area contributed by atoms with Crippen LogP contribution in [0, 0.1) is 5.41 Å². The number of carbonyl (C=O) groups is 1. The molecule has 3 heterocycles. The van der Waals surface area contributed by atoms with Crippen molar-refractivity contribution in [2.75, 3.05) is 16.8 Å². The van der Waals surface area contributed by atoms with Gasteiger partial charge in [0.15, 0.2) is 0 Å². The summed E-state index contributed by atoms with van der Waals surface area (Å²) >= 11 is 0. The van der Waals surface area contributed by atoms with Crippen LogP contribution in [0.1, 0.15) is 26.7 Å². The first-order chi connectivity index (χ1) is 10.5. The summed E-state index contributed by atoms with van der Waals surface area (Å²) in [7, 11) is 1.84. The van der Waals surface area contributed by atoms with E-state index in [0.717, 1.165) is 18.5 Å². The third-order valence-corrected chi connectivity index (χ3v) is 3.89. The summed E-state index contributed by atoms with van der Waals surface area (Å²) in [4.78, 5) is 23.0. The van der Waals surface area contributed by atoms with Gasteiger partial charge < -0.3 is 5.32 Å². The van der Waals surface area contributed by atoms with E-state index in [1.54, 1.807) is 28.0 Å². The quantitative estimate of drug-likeness (QED) is 0.932. The summed E-state index contributed by atoms with van der Waals surface area (Å²) in [5.74, 6) is 1.21. The summed E-state index contributed by atoms with van der Waals surface area (Å²) in [6.45, 7) is 4.67. The Morgan fingerprint density at radius 3 is 2.83 bits per heavy atom. The van der Waals surface area contributed by atoms with E-state index >= 15 is 0 Å². The molecule has 1 saturated heterocycles. The standard InChI is InChI=1S/C15H20N6O.ClH/c1-15(2)6-4-8-21(13(15)22)12-5-7-16-14(19-12)18-11-9-17-20(3)10-11;/h5,7,9-10H,4,6,8H2,1-3H3,(H,16,18,19);1H. The minimum Gasteiger partial charge on any atom is -0.321 e. The SMILES string of the molecule is Cl.Cn1cc(Nc2nccc(N3CCCC(C)(C)C3=O)n2)cn1. The van der Waals surface area contributed by atoms with E-state index in [-0.39, 0.29) is 23.7 Å². The van der Waals surface area contributed by atoms with Crippen molar-refractivity contribution in [3.05, 3.63) is 24.7 Å². The number of rotatable bonds is 3. The molecule has 1 fully saturated rings. The highest BCUT2D eigenvalue weighted by atomic mass is 35.5. The molecular formula is C15H21ClN6O. The van der Waals surface area contributed by atoms with Gasteiger partial charge in [-0.2, -0.15) is 10.1 Å². The zero-order chi connectivity index (χ0) is 15.7. The number of aryl methyl sites for hydroxylation is 1. The second-order valence-electron chi connectivity index (χ2n) is 6.21. The number of nitrogens with one attached hydrogen (secondary N) is 1. The van der Waals surface area contributed by atoms with Gasteiger partial charge in [-0.3, -0.25) is 14.4 Å². The summed E-state index contributed by atoms with van der Waals surface area (Å²) in [5.41, 5.74) is 0.477. The molecule has 2 aromatic heterocycles. The molecule has 124 valence electrons. The van der Waals surface area contributed by atoms with Gasteiger partial charge in [0, 0.05) is 31.4 Å². The van der Waals surface area contributed by atoms with Crippen molar-refractivity contribution in [1.82, 2.24) is 19.7 Å². The van der Waals surface area contributed by atoms with Crippen molar-refractivity contribution in [2.45, 2.75) is 26.7 Å². The topological polar surface area (TPSA) is 75.9 Å². The lowest BCUT2D eigenvalue weighted by atomic mass is 9.83. The predicted octanol–water partition coefficient (Wildman–Crippen LogP) is 2.53. The molecule has 23 heavy (non-hydrogen) atoms. The lowest BCUT2D eigenvalue weighted by molar-refractivity contribution is -0.128. The Morgan fingerprint density at radius 1 is 1.35 bits per heavy atom. The molecule has 1 aliphatic heterocycles. The van der Waals surface area contributed by atoms with E-state index < -0.39 is 0 Å². The molecule has 7 nitrogen and oxygen atoms in total. The zero-order valence-corrected chi connectivity index (χ0v) is 14.3. The van der Waals surface area contributed by atoms with Gasteiger partial charge in [-0.05, 0) is 18.9 Å². The fourth-order valence-electron chi connectivity index (χ4n) is 2.65. The second kappa shape index (κ2) is 6.54. The molecule has 0 unspecified atom stereocenters. The number of halogens is 1. The number of aromatic nitrogens is 4. The molecule has 0 spiro atoms. The monoisotopic (exact) mass is 336 g/mol. The van der Waals surface area contributed by atoms with Gasteiger partial charge in [0.2, 0.25) is 11.9 Å². The predicted molar refractivity (Wildman–Crippen MR) is 91.1 cm³/mol. The van der Waals surface area contributed by atoms with E-state index in [0.29, 0.717) is 18.3 Å². The van der Waals surface area contributed by atoms with Crippen LogP contribution in [-0.2, 0) is 11.8 Å². The number of piperidine rings is 1. The summed E-state index contributed by atoms with van der Waals surface area (Å²) in [6.07, 6.45) is 7.09. The Morgan fingerprint density at radius 2 is 2.13 bits per heavy atom. The minimum absolute atomic E-state index is 0. The lowest BCUT2D eigenvalue weighted by Crippen LogP contribution is -2.46. The van der Waals surface area contributed by atoms with Crippen LogP contribution in [0.5, 0.6) is 0 Å². The summed E-state index contributed by atoms with van der Waals surface area (Å²) in [6, 6.07) is 1.77. The Kier molecular flexibility index (Phi) is 4.89. The van der Waals surface area contributed by atoms with Crippen molar-refractivity contribution < 1.29 is 4.79 Å². The average molecular weight is 337 g/mol. The van der Waals surface area contributed by atoms with Gasteiger partial charge >= 0.3 is 0 Å². The molecule has 2 aromatic rings. The second-order valence-corrected chi connectivity index (χ2v) is 6.21. The molecule has 1 amide bonds. The number of hydrogen-bond acceptors (Lipinski definition) is 5. The van der Waals surface area contributed by atoms with E-state index in [4.69, 9.17) is 0 Å². The van der Waals surface area contributed by atoms with Crippen molar-refractivity contribution in [1.29, 1.82) is 0 Å². The third-order valence-electron chi connectivity index (χ3n) is 3.89. The van der Waals surface area contributed by atoms with Crippen molar-refractivity contribution in [3.63, 3.8) is 0 Å². The lowest BCUT2D eigenvalue weighted by Gasteiger charge is -2.36. The van der Waals surface area contributed by atoms with Crippen molar-refractivity contribution in [2.24, 2.45) is 12.5 Å². The van der Waals surface area contributed by atoms with Crippen LogP contribution >= 0.6 is 12.4 Å². The Bertz CT molecular complexity index is 699. The normalized spacial score (nSPS) is 16.8. The van der Waals surface area contributed by atoms with E-state index in [2.05, 4.69) is 20.4 Å². The molecule has 0 bridgehead atoms. The first kappa shape index (κ1) is 17.2. The highest BCUT2D eigenvalue weighted by Gasteiger charge is 2.36. The van der Waals surface area contributed by atoms with Gasteiger partial charge in [0.25, 0.3) is 0 Å². The molecule has 8 heteroatoms. The average Bonchev–Trinajstić information content (AvgIpc) is 2.87. The number of carbonyl (C=O) groups excluding carboxylic acids is 1. The molecular weight excluding hydrogens is 316 g/mol. The maximum absolute atomic E-state index is 12.6. The molecule has 0 aromatic carbocycles. The fourth-order valence-corrected chi connectivity index (χ4v) is 2.65. The maximum atomic E-state index is 12.6. The van der Waals surface area contributed by atoms with Gasteiger partial charge in [0.05, 0.1) is 11.9 Å². The van der Waals surface area contributed by atoms with Crippen molar-refractivity contribution >= 4 is 35.8 Å². The molecule has 1 N–H and O–H groups in total. The fraction of sp³-hybridized carbons (Fsp3) is 0.467. The van der Waals surface area contributed by atoms with E-state index in [1.165, 1.54) is 0 Å². The molecule has 0 radical (unpaired) electrons. The third kappa shape index (κ3) is 3.61. The van der Waals surface area contributed by atoms with Crippen LogP contribution in [0.25, 0.3) is 0 Å². The Hall–Kier alpha value is -2.15. The molecule has 0 atom stereocenters. The van der Waals surface area contributed by atoms with E-state index in [9.17, 15) is 4.79 Å². The zero-order valence-electron chi connectivity index (χ0n) is 13.5. The molecule has 0 aliphatic carbocycles. The van der Waals surface area contributed by atoms with Crippen LogP contribution < -0.4 is 10.2 Å². The van der Waals surface area contributed by atoms with Crippen LogP contribution in [0.15, 0.2) is 24.7 Å². The molecule has 1 aliphatic rings. The van der Waals surface area contributed by atoms with Gasteiger partial charge in [0.1, 0.15) is 5.82 Å². The van der Waals surface area contributed by atoms with Crippen LogP contribution in [0.2, 0.25) is 0 Å². The molecule has 3 rings (SSSR count). The Balaban J connectivity index is 0.00000192.